The topological polar surface area (TPSA) is 182 Å². The smallest absolute Gasteiger partial charge is 0.408 e. The summed E-state index contributed by atoms with van der Waals surface area (Å²) in [5.74, 6) is -3.89. The van der Waals surface area contributed by atoms with Crippen LogP contribution >= 0.6 is 0 Å². The predicted molar refractivity (Wildman–Crippen MR) is 129 cm³/mol. The zero-order chi connectivity index (χ0) is 29.1. The quantitative estimate of drug-likeness (QED) is 0.303. The molecule has 6 atom stereocenters. The molecule has 2 N–H and O–H groups in total. The van der Waals surface area contributed by atoms with E-state index in [-0.39, 0.29) is 6.61 Å². The normalized spacial score (nSPS) is 22.8. The summed E-state index contributed by atoms with van der Waals surface area (Å²) >= 11 is 0. The largest absolute Gasteiger partial charge is 0.463 e. The van der Waals surface area contributed by atoms with Crippen molar-refractivity contribution in [2.45, 2.75) is 77.9 Å². The number of benzene rings is 1. The second-order valence-electron chi connectivity index (χ2n) is 8.57. The molecule has 1 heterocycles. The molecule has 1 aliphatic rings. The van der Waals surface area contributed by atoms with E-state index in [4.69, 9.17) is 28.4 Å². The highest BCUT2D eigenvalue weighted by molar-refractivity contribution is 5.85. The lowest BCUT2D eigenvalue weighted by Gasteiger charge is -2.44. The number of carbonyl (C=O) groups excluding carboxylic acids is 6. The number of hydrogen-bond donors (Lipinski definition) is 2. The molecular weight excluding hydrogens is 520 g/mol. The van der Waals surface area contributed by atoms with Gasteiger partial charge in [0.15, 0.2) is 12.2 Å². The van der Waals surface area contributed by atoms with Gasteiger partial charge in [-0.1, -0.05) is 30.3 Å². The van der Waals surface area contributed by atoms with E-state index in [1.807, 2.05) is 6.07 Å². The van der Waals surface area contributed by atoms with Gasteiger partial charge in [0.05, 0.1) is 0 Å². The van der Waals surface area contributed by atoms with Gasteiger partial charge < -0.3 is 39.1 Å². The third kappa shape index (κ3) is 10.2. The van der Waals surface area contributed by atoms with Gasteiger partial charge in [-0.3, -0.25) is 24.0 Å². The molecule has 0 aliphatic carbocycles. The number of carbonyl (C=O) groups is 6. The summed E-state index contributed by atoms with van der Waals surface area (Å²) in [7, 11) is 0. The van der Waals surface area contributed by atoms with E-state index in [1.54, 1.807) is 24.3 Å². The first-order valence-corrected chi connectivity index (χ1v) is 12.0. The van der Waals surface area contributed by atoms with E-state index in [0.717, 1.165) is 33.3 Å². The number of alkyl carbamates (subject to hydrolysis) is 1. The van der Waals surface area contributed by atoms with Crippen molar-refractivity contribution in [1.29, 1.82) is 0 Å². The van der Waals surface area contributed by atoms with Crippen molar-refractivity contribution in [1.82, 2.24) is 10.6 Å². The summed E-state index contributed by atoms with van der Waals surface area (Å²) < 4.78 is 31.7. The van der Waals surface area contributed by atoms with E-state index in [0.29, 0.717) is 0 Å². The minimum absolute atomic E-state index is 0.0334. The first kappa shape index (κ1) is 31.0. The number of esters is 4. The van der Waals surface area contributed by atoms with E-state index in [1.165, 1.54) is 6.92 Å². The van der Waals surface area contributed by atoms with Gasteiger partial charge in [-0.2, -0.15) is 0 Å². The fourth-order valence-corrected chi connectivity index (χ4v) is 3.62. The Labute approximate surface area is 224 Å². The average Bonchev–Trinajstić information content (AvgIpc) is 2.84. The van der Waals surface area contributed by atoms with Gasteiger partial charge in [0.2, 0.25) is 12.2 Å². The maximum atomic E-state index is 13.0. The fraction of sp³-hybridized carbons (Fsp3) is 0.520. The van der Waals surface area contributed by atoms with Gasteiger partial charge in [0.25, 0.3) is 0 Å². The Morgan fingerprint density at radius 2 is 1.41 bits per heavy atom. The van der Waals surface area contributed by atoms with Gasteiger partial charge in [0, 0.05) is 27.7 Å². The Morgan fingerprint density at radius 1 is 0.821 bits per heavy atom. The minimum atomic E-state index is -1.56. The van der Waals surface area contributed by atoms with Gasteiger partial charge in [-0.15, -0.1) is 0 Å². The minimum Gasteiger partial charge on any atom is -0.463 e. The van der Waals surface area contributed by atoms with Crippen molar-refractivity contribution in [2.75, 3.05) is 6.61 Å². The van der Waals surface area contributed by atoms with E-state index in [9.17, 15) is 28.8 Å². The van der Waals surface area contributed by atoms with E-state index < -0.39 is 79.2 Å². The summed E-state index contributed by atoms with van der Waals surface area (Å²) in [6, 6.07) is 6.30. The molecular formula is C25H32N2O12. The second kappa shape index (κ2) is 14.7. The number of ether oxygens (including phenoxy) is 6. The molecule has 0 unspecified atom stereocenters. The zero-order valence-electron chi connectivity index (χ0n) is 22.2. The highest BCUT2D eigenvalue weighted by atomic mass is 16.7. The summed E-state index contributed by atoms with van der Waals surface area (Å²) in [6.45, 7) is 5.26. The second-order valence-corrected chi connectivity index (χ2v) is 8.57. The molecule has 1 saturated heterocycles. The number of rotatable bonds is 10. The van der Waals surface area contributed by atoms with Crippen molar-refractivity contribution in [2.24, 2.45) is 0 Å². The van der Waals surface area contributed by atoms with Crippen LogP contribution < -0.4 is 10.6 Å². The van der Waals surface area contributed by atoms with Crippen LogP contribution in [-0.2, 0) is 59.0 Å². The van der Waals surface area contributed by atoms with Crippen LogP contribution in [0.3, 0.4) is 0 Å². The van der Waals surface area contributed by atoms with Gasteiger partial charge in [-0.25, -0.2) is 4.79 Å². The van der Waals surface area contributed by atoms with Crippen LogP contribution in [0, 0.1) is 0 Å². The Kier molecular flexibility index (Phi) is 11.7. The SMILES string of the molecule is CC(=O)OC[C@@H]1O[C@H](OC(C)=O)[C@@H](NC(=O)[C@H](C)NC(=O)OCc2ccccc2)[C@H](OC(C)=O)[C@@H]1OC(C)=O. The van der Waals surface area contributed by atoms with Gasteiger partial charge in [-0.05, 0) is 12.5 Å². The molecule has 14 nitrogen and oxygen atoms in total. The zero-order valence-corrected chi connectivity index (χ0v) is 22.2. The summed E-state index contributed by atoms with van der Waals surface area (Å²) in [4.78, 5) is 72.2. The molecule has 2 amide bonds. The summed E-state index contributed by atoms with van der Waals surface area (Å²) in [5, 5.41) is 4.87. The molecule has 1 aromatic rings. The molecule has 0 spiro atoms. The third-order valence-electron chi connectivity index (χ3n) is 5.23. The molecule has 1 aromatic carbocycles. The Bertz CT molecular complexity index is 1050. The predicted octanol–water partition coefficient (Wildman–Crippen LogP) is 0.501. The molecule has 0 saturated carbocycles. The lowest BCUT2D eigenvalue weighted by molar-refractivity contribution is -0.271. The molecule has 1 fully saturated rings. The molecule has 2 rings (SSSR count). The number of hydrogen-bond acceptors (Lipinski definition) is 12. The van der Waals surface area contributed by atoms with Crippen molar-refractivity contribution >= 4 is 35.9 Å². The van der Waals surface area contributed by atoms with Gasteiger partial charge in [0.1, 0.15) is 31.4 Å². The molecule has 14 heteroatoms. The highest BCUT2D eigenvalue weighted by Gasteiger charge is 2.52. The number of amides is 2. The monoisotopic (exact) mass is 552 g/mol. The Morgan fingerprint density at radius 3 is 1.97 bits per heavy atom. The maximum absolute atomic E-state index is 13.0. The molecule has 0 aromatic heterocycles. The van der Waals surface area contributed by atoms with Crippen molar-refractivity contribution in [3.05, 3.63) is 35.9 Å². The van der Waals surface area contributed by atoms with Crippen LogP contribution in [0.1, 0.15) is 40.2 Å². The lowest BCUT2D eigenvalue weighted by atomic mass is 9.95. The van der Waals surface area contributed by atoms with Crippen LogP contribution in [0.15, 0.2) is 30.3 Å². The molecule has 0 bridgehead atoms. The first-order chi connectivity index (χ1) is 18.4. The Hall–Kier alpha value is -4.20. The van der Waals surface area contributed by atoms with Gasteiger partial charge >= 0.3 is 30.0 Å². The summed E-state index contributed by atoms with van der Waals surface area (Å²) in [6.07, 6.45) is -6.48. The van der Waals surface area contributed by atoms with Crippen molar-refractivity contribution in [3.63, 3.8) is 0 Å². The third-order valence-corrected chi connectivity index (χ3v) is 5.23. The molecule has 39 heavy (non-hydrogen) atoms. The first-order valence-electron chi connectivity index (χ1n) is 12.0. The van der Waals surface area contributed by atoms with E-state index >= 15 is 0 Å². The summed E-state index contributed by atoms with van der Waals surface area (Å²) in [5.41, 5.74) is 0.734. The maximum Gasteiger partial charge on any atom is 0.408 e. The van der Waals surface area contributed by atoms with Crippen LogP contribution in [-0.4, -0.2) is 79.2 Å². The van der Waals surface area contributed by atoms with Crippen LogP contribution in [0.2, 0.25) is 0 Å². The number of nitrogens with one attached hydrogen (secondary N) is 2. The average molecular weight is 553 g/mol. The van der Waals surface area contributed by atoms with E-state index in [2.05, 4.69) is 10.6 Å². The highest BCUT2D eigenvalue weighted by Crippen LogP contribution is 2.28. The Balaban J connectivity index is 2.23. The van der Waals surface area contributed by atoms with Crippen molar-refractivity contribution < 1.29 is 57.2 Å². The molecule has 1 aliphatic heterocycles. The standard InChI is InChI=1S/C25H32N2O12/c1-13(26-25(33)35-11-18-9-7-6-8-10-18)23(32)27-20-22(37-16(4)30)21(36-15(3)29)19(12-34-14(2)28)39-24(20)38-17(5)31/h6-10,13,19-22,24H,11-12H2,1-5H3,(H,26,33)(H,27,32)/t13-,19-,20-,21+,22-,24-/m0/s1. The molecule has 214 valence electrons. The lowest BCUT2D eigenvalue weighted by Crippen LogP contribution is -2.68. The van der Waals surface area contributed by atoms with Crippen LogP contribution in [0.4, 0.5) is 4.79 Å². The van der Waals surface area contributed by atoms with Crippen LogP contribution in [0.25, 0.3) is 0 Å². The fourth-order valence-electron chi connectivity index (χ4n) is 3.62. The van der Waals surface area contributed by atoms with Crippen molar-refractivity contribution in [3.8, 4) is 0 Å². The molecule has 0 radical (unpaired) electrons. The van der Waals surface area contributed by atoms with Crippen LogP contribution in [0.5, 0.6) is 0 Å².